The Bertz CT molecular complexity index is 958. The molecular formula is C20H19ClN2O. The fraction of sp³-hybridized carbons (Fsp3) is 0.250. The van der Waals surface area contributed by atoms with Crippen LogP contribution in [0.15, 0.2) is 36.4 Å². The van der Waals surface area contributed by atoms with Crippen LogP contribution in [-0.4, -0.2) is 22.3 Å². The largest absolute Gasteiger partial charge is 0.358 e. The van der Waals surface area contributed by atoms with Gasteiger partial charge in [-0.05, 0) is 55.3 Å². The fourth-order valence-corrected chi connectivity index (χ4v) is 3.59. The van der Waals surface area contributed by atoms with Crippen LogP contribution in [0.2, 0.25) is 5.02 Å². The number of fused-ring (bicyclic) bond motifs is 3. The van der Waals surface area contributed by atoms with E-state index in [1.807, 2.05) is 48.2 Å². The minimum Gasteiger partial charge on any atom is -0.358 e. The van der Waals surface area contributed by atoms with Gasteiger partial charge in [0.05, 0.1) is 0 Å². The molecule has 0 fully saturated rings. The molecule has 1 amide bonds. The predicted octanol–water partition coefficient (Wildman–Crippen LogP) is 4.64. The summed E-state index contributed by atoms with van der Waals surface area (Å²) in [5.74, 6) is 0.0973. The van der Waals surface area contributed by atoms with Gasteiger partial charge in [0.1, 0.15) is 0 Å². The zero-order chi connectivity index (χ0) is 16.8. The summed E-state index contributed by atoms with van der Waals surface area (Å²) >= 11 is 6.15. The number of hydrogen-bond acceptors (Lipinski definition) is 1. The molecule has 1 aromatic heterocycles. The Balaban J connectivity index is 1.68. The molecule has 0 saturated carbocycles. The van der Waals surface area contributed by atoms with E-state index in [9.17, 15) is 4.79 Å². The third-order valence-corrected chi connectivity index (χ3v) is 5.21. The van der Waals surface area contributed by atoms with Gasteiger partial charge in [0.25, 0.3) is 5.91 Å². The molecule has 3 aromatic rings. The molecule has 1 aliphatic rings. The zero-order valence-corrected chi connectivity index (χ0v) is 14.6. The summed E-state index contributed by atoms with van der Waals surface area (Å²) in [6.07, 6.45) is 0.845. The van der Waals surface area contributed by atoms with Gasteiger partial charge in [0, 0.05) is 52.3 Å². The van der Waals surface area contributed by atoms with Gasteiger partial charge in [0.15, 0.2) is 0 Å². The molecule has 1 aliphatic heterocycles. The second-order valence-electron chi connectivity index (χ2n) is 6.55. The maximum Gasteiger partial charge on any atom is 0.254 e. The van der Waals surface area contributed by atoms with Gasteiger partial charge in [0.2, 0.25) is 0 Å². The summed E-state index contributed by atoms with van der Waals surface area (Å²) in [6.45, 7) is 5.47. The van der Waals surface area contributed by atoms with Gasteiger partial charge < -0.3 is 9.88 Å². The number of H-pyrrole nitrogens is 1. The molecule has 2 aromatic carbocycles. The van der Waals surface area contributed by atoms with Crippen molar-refractivity contribution in [3.8, 4) is 0 Å². The second-order valence-corrected chi connectivity index (χ2v) is 6.98. The molecule has 4 rings (SSSR count). The first-order valence-electron chi connectivity index (χ1n) is 8.18. The van der Waals surface area contributed by atoms with E-state index in [1.54, 1.807) is 0 Å². The lowest BCUT2D eigenvalue weighted by atomic mass is 10.0. The summed E-state index contributed by atoms with van der Waals surface area (Å²) in [6, 6.07) is 11.8. The maximum atomic E-state index is 12.9. The first-order valence-corrected chi connectivity index (χ1v) is 8.56. The molecule has 4 heteroatoms. The molecular weight excluding hydrogens is 320 g/mol. The summed E-state index contributed by atoms with van der Waals surface area (Å²) < 4.78 is 0. The number of carbonyl (C=O) groups is 1. The highest BCUT2D eigenvalue weighted by Gasteiger charge is 2.25. The number of nitrogens with one attached hydrogen (secondary N) is 1. The number of carbonyl (C=O) groups excluding carboxylic acids is 1. The zero-order valence-electron chi connectivity index (χ0n) is 13.8. The third-order valence-electron chi connectivity index (χ3n) is 4.98. The highest BCUT2D eigenvalue weighted by Crippen LogP contribution is 2.30. The predicted molar refractivity (Wildman–Crippen MR) is 97.7 cm³/mol. The van der Waals surface area contributed by atoms with Crippen LogP contribution in [0.3, 0.4) is 0 Å². The Morgan fingerprint density at radius 1 is 1.12 bits per heavy atom. The van der Waals surface area contributed by atoms with E-state index in [1.165, 1.54) is 16.8 Å². The highest BCUT2D eigenvalue weighted by molar-refractivity contribution is 6.31. The summed E-state index contributed by atoms with van der Waals surface area (Å²) in [4.78, 5) is 18.3. The number of aromatic nitrogens is 1. The van der Waals surface area contributed by atoms with E-state index in [4.69, 9.17) is 11.6 Å². The Morgan fingerprint density at radius 3 is 2.75 bits per heavy atom. The SMILES string of the molecule is Cc1ccc(C(=O)N2CCc3[nH]c4ccc(Cl)cc4c3C2)cc1C. The number of rotatable bonds is 1. The highest BCUT2D eigenvalue weighted by atomic mass is 35.5. The van der Waals surface area contributed by atoms with Crippen LogP contribution in [0.1, 0.15) is 32.7 Å². The summed E-state index contributed by atoms with van der Waals surface area (Å²) in [7, 11) is 0. The van der Waals surface area contributed by atoms with E-state index < -0.39 is 0 Å². The number of halogens is 1. The van der Waals surface area contributed by atoms with Gasteiger partial charge >= 0.3 is 0 Å². The molecule has 3 nitrogen and oxygen atoms in total. The first-order chi connectivity index (χ1) is 11.5. The lowest BCUT2D eigenvalue weighted by Gasteiger charge is -2.27. The van der Waals surface area contributed by atoms with Crippen LogP contribution in [0, 0.1) is 13.8 Å². The van der Waals surface area contributed by atoms with Gasteiger partial charge in [-0.1, -0.05) is 17.7 Å². The number of nitrogens with zero attached hydrogens (tertiary/aromatic N) is 1. The van der Waals surface area contributed by atoms with Crippen LogP contribution >= 0.6 is 11.6 Å². The summed E-state index contributed by atoms with van der Waals surface area (Å²) in [5, 5.41) is 1.84. The topological polar surface area (TPSA) is 36.1 Å². The first kappa shape index (κ1) is 15.3. The lowest BCUT2D eigenvalue weighted by Crippen LogP contribution is -2.35. The van der Waals surface area contributed by atoms with Crippen molar-refractivity contribution in [1.82, 2.24) is 9.88 Å². The van der Waals surface area contributed by atoms with E-state index in [2.05, 4.69) is 11.9 Å². The van der Waals surface area contributed by atoms with Crippen molar-refractivity contribution < 1.29 is 4.79 Å². The van der Waals surface area contributed by atoms with Crippen molar-refractivity contribution in [2.24, 2.45) is 0 Å². The molecule has 24 heavy (non-hydrogen) atoms. The molecule has 0 bridgehead atoms. The van der Waals surface area contributed by atoms with Gasteiger partial charge in [-0.2, -0.15) is 0 Å². The van der Waals surface area contributed by atoms with E-state index in [-0.39, 0.29) is 5.91 Å². The monoisotopic (exact) mass is 338 g/mol. The molecule has 0 saturated heterocycles. The van der Waals surface area contributed by atoms with Gasteiger partial charge in [-0.25, -0.2) is 0 Å². The molecule has 2 heterocycles. The van der Waals surface area contributed by atoms with Gasteiger partial charge in [-0.3, -0.25) is 4.79 Å². The average Bonchev–Trinajstić information content (AvgIpc) is 2.94. The maximum absolute atomic E-state index is 12.9. The quantitative estimate of drug-likeness (QED) is 0.689. The second kappa shape index (κ2) is 5.67. The van der Waals surface area contributed by atoms with Crippen molar-refractivity contribution in [1.29, 1.82) is 0 Å². The van der Waals surface area contributed by atoms with Crippen LogP contribution in [0.4, 0.5) is 0 Å². The van der Waals surface area contributed by atoms with Crippen LogP contribution in [0.25, 0.3) is 10.9 Å². The van der Waals surface area contributed by atoms with E-state index in [0.29, 0.717) is 6.54 Å². The molecule has 0 spiro atoms. The Labute approximate surface area is 146 Å². The number of benzene rings is 2. The van der Waals surface area contributed by atoms with E-state index in [0.717, 1.165) is 40.0 Å². The van der Waals surface area contributed by atoms with E-state index >= 15 is 0 Å². The van der Waals surface area contributed by atoms with Crippen molar-refractivity contribution in [3.63, 3.8) is 0 Å². The standard InChI is InChI=1S/C20H19ClN2O/c1-12-3-4-14(9-13(12)2)20(24)23-8-7-19-17(11-23)16-10-15(21)5-6-18(16)22-19/h3-6,9-10,22H,7-8,11H2,1-2H3. The lowest BCUT2D eigenvalue weighted by molar-refractivity contribution is 0.0735. The minimum atomic E-state index is 0.0973. The van der Waals surface area contributed by atoms with Crippen molar-refractivity contribution in [2.45, 2.75) is 26.8 Å². The molecule has 1 N–H and O–H groups in total. The summed E-state index contributed by atoms with van der Waals surface area (Å²) in [5.41, 5.74) is 6.62. The number of hydrogen-bond donors (Lipinski definition) is 1. The Hall–Kier alpha value is -2.26. The number of aryl methyl sites for hydroxylation is 2. The number of aromatic amines is 1. The minimum absolute atomic E-state index is 0.0973. The average molecular weight is 339 g/mol. The van der Waals surface area contributed by atoms with Crippen molar-refractivity contribution in [2.75, 3.05) is 6.54 Å². The Kier molecular flexibility index (Phi) is 3.61. The molecule has 0 radical (unpaired) electrons. The fourth-order valence-electron chi connectivity index (χ4n) is 3.42. The van der Waals surface area contributed by atoms with Crippen LogP contribution in [-0.2, 0) is 13.0 Å². The van der Waals surface area contributed by atoms with Crippen LogP contribution in [0.5, 0.6) is 0 Å². The van der Waals surface area contributed by atoms with Gasteiger partial charge in [-0.15, -0.1) is 0 Å². The Morgan fingerprint density at radius 2 is 1.96 bits per heavy atom. The smallest absolute Gasteiger partial charge is 0.254 e. The number of amides is 1. The van der Waals surface area contributed by atoms with Crippen LogP contribution < -0.4 is 0 Å². The molecule has 0 aliphatic carbocycles. The molecule has 0 atom stereocenters. The molecule has 122 valence electrons. The normalized spacial score (nSPS) is 14.0. The van der Waals surface area contributed by atoms with Crippen molar-refractivity contribution >= 4 is 28.4 Å². The third kappa shape index (κ3) is 2.49. The van der Waals surface area contributed by atoms with Crippen molar-refractivity contribution in [3.05, 3.63) is 69.4 Å². The molecule has 0 unspecified atom stereocenters.